The van der Waals surface area contributed by atoms with Gasteiger partial charge < -0.3 is 20.1 Å². The van der Waals surface area contributed by atoms with Crippen molar-refractivity contribution in [2.75, 3.05) is 20.8 Å². The van der Waals surface area contributed by atoms with Crippen molar-refractivity contribution in [1.29, 1.82) is 0 Å². The van der Waals surface area contributed by atoms with Crippen molar-refractivity contribution in [3.8, 4) is 11.5 Å². The van der Waals surface area contributed by atoms with Gasteiger partial charge in [0.1, 0.15) is 16.2 Å². The molecule has 1 aliphatic rings. The summed E-state index contributed by atoms with van der Waals surface area (Å²) in [7, 11) is 3.20. The minimum absolute atomic E-state index is 0.0728. The number of amides is 2. The number of hydrogen-bond donors (Lipinski definition) is 2. The van der Waals surface area contributed by atoms with E-state index in [1.807, 2.05) is 48.5 Å². The molecule has 6 nitrogen and oxygen atoms in total. The smallest absolute Gasteiger partial charge is 0.239 e. The van der Waals surface area contributed by atoms with E-state index in [4.69, 9.17) is 9.47 Å². The van der Waals surface area contributed by atoms with Crippen LogP contribution >= 0.6 is 11.8 Å². The van der Waals surface area contributed by atoms with Crippen LogP contribution in [0.2, 0.25) is 0 Å². The molecule has 2 N–H and O–H groups in total. The maximum atomic E-state index is 13.3. The van der Waals surface area contributed by atoms with Crippen molar-refractivity contribution in [1.82, 2.24) is 10.6 Å². The van der Waals surface area contributed by atoms with Crippen molar-refractivity contribution in [2.24, 2.45) is 0 Å². The zero-order valence-electron chi connectivity index (χ0n) is 16.4. The number of hydrogen-bond acceptors (Lipinski definition) is 5. The van der Waals surface area contributed by atoms with Gasteiger partial charge in [0.25, 0.3) is 0 Å². The number of methoxy groups -OCH3 is 2. The first-order valence-electron chi connectivity index (χ1n) is 9.18. The standard InChI is InChI=1S/C22H24N2O4S/c1-4-13-23-21(26)22(29-18-11-9-17(28-3)10-12-18)14-19(25)24-20(22)15-5-7-16(27-2)8-6-15/h4-12,20H,1,13-14H2,2-3H3,(H,23,26)(H,24,25)/t20-,22-/m1/s1. The van der Waals surface area contributed by atoms with E-state index in [0.29, 0.717) is 12.3 Å². The van der Waals surface area contributed by atoms with Crippen LogP contribution in [0, 0.1) is 0 Å². The number of rotatable bonds is 8. The Bertz CT molecular complexity index is 883. The van der Waals surface area contributed by atoms with Gasteiger partial charge in [0.2, 0.25) is 11.8 Å². The van der Waals surface area contributed by atoms with Gasteiger partial charge in [0, 0.05) is 11.4 Å². The quantitative estimate of drug-likeness (QED) is 0.652. The Morgan fingerprint density at radius 1 is 1.17 bits per heavy atom. The maximum Gasteiger partial charge on any atom is 0.239 e. The molecule has 0 radical (unpaired) electrons. The fraction of sp³-hybridized carbons (Fsp3) is 0.273. The largest absolute Gasteiger partial charge is 0.497 e. The van der Waals surface area contributed by atoms with Gasteiger partial charge in [0.15, 0.2) is 0 Å². The molecule has 2 aromatic carbocycles. The topological polar surface area (TPSA) is 76.7 Å². The summed E-state index contributed by atoms with van der Waals surface area (Å²) in [6.07, 6.45) is 1.69. The zero-order valence-corrected chi connectivity index (χ0v) is 17.3. The van der Waals surface area contributed by atoms with Crippen LogP contribution in [-0.2, 0) is 9.59 Å². The molecular weight excluding hydrogens is 388 g/mol. The molecule has 3 rings (SSSR count). The molecule has 1 saturated heterocycles. The van der Waals surface area contributed by atoms with Crippen LogP contribution in [0.4, 0.5) is 0 Å². The molecule has 29 heavy (non-hydrogen) atoms. The van der Waals surface area contributed by atoms with Crippen LogP contribution in [0.1, 0.15) is 18.0 Å². The molecule has 1 heterocycles. The van der Waals surface area contributed by atoms with Crippen molar-refractivity contribution < 1.29 is 19.1 Å². The molecule has 0 saturated carbocycles. The molecular formula is C22H24N2O4S. The van der Waals surface area contributed by atoms with Crippen molar-refractivity contribution in [2.45, 2.75) is 22.1 Å². The lowest BCUT2D eigenvalue weighted by Crippen LogP contribution is -2.47. The number of carbonyl (C=O) groups excluding carboxylic acids is 2. The van der Waals surface area contributed by atoms with Crippen molar-refractivity contribution in [3.05, 3.63) is 66.7 Å². The molecule has 2 amide bonds. The van der Waals surface area contributed by atoms with Crippen LogP contribution in [-0.4, -0.2) is 37.3 Å². The molecule has 2 atom stereocenters. The van der Waals surface area contributed by atoms with E-state index in [1.165, 1.54) is 11.8 Å². The van der Waals surface area contributed by atoms with Gasteiger partial charge in [-0.1, -0.05) is 18.2 Å². The van der Waals surface area contributed by atoms with Crippen molar-refractivity contribution >= 4 is 23.6 Å². The molecule has 152 valence electrons. The normalized spacial score (nSPS) is 20.6. The van der Waals surface area contributed by atoms with E-state index in [2.05, 4.69) is 17.2 Å². The summed E-state index contributed by atoms with van der Waals surface area (Å²) in [6, 6.07) is 14.4. The van der Waals surface area contributed by atoms with E-state index >= 15 is 0 Å². The van der Waals surface area contributed by atoms with E-state index in [-0.39, 0.29) is 18.2 Å². The number of nitrogens with one attached hydrogen (secondary N) is 2. The molecule has 1 fully saturated rings. The predicted octanol–water partition coefficient (Wildman–Crippen LogP) is 3.10. The Balaban J connectivity index is 2.01. The van der Waals surface area contributed by atoms with Gasteiger partial charge in [0.05, 0.1) is 26.7 Å². The Morgan fingerprint density at radius 3 is 2.31 bits per heavy atom. The van der Waals surface area contributed by atoms with Crippen LogP contribution in [0.5, 0.6) is 11.5 Å². The van der Waals surface area contributed by atoms with Gasteiger partial charge in [-0.3, -0.25) is 9.59 Å². The van der Waals surface area contributed by atoms with Crippen LogP contribution < -0.4 is 20.1 Å². The lowest BCUT2D eigenvalue weighted by Gasteiger charge is -2.32. The highest BCUT2D eigenvalue weighted by molar-refractivity contribution is 8.01. The Kier molecular flexibility index (Phi) is 6.49. The van der Waals surface area contributed by atoms with Gasteiger partial charge in [-0.05, 0) is 42.0 Å². The monoisotopic (exact) mass is 412 g/mol. The molecule has 7 heteroatoms. The lowest BCUT2D eigenvalue weighted by molar-refractivity contribution is -0.125. The highest BCUT2D eigenvalue weighted by Crippen LogP contribution is 2.48. The molecule has 0 spiro atoms. The number of thioether (sulfide) groups is 1. The first-order chi connectivity index (χ1) is 14.0. The first kappa shape index (κ1) is 20.8. The highest BCUT2D eigenvalue weighted by Gasteiger charge is 2.54. The number of benzene rings is 2. The summed E-state index contributed by atoms with van der Waals surface area (Å²) in [4.78, 5) is 26.6. The molecule has 0 bridgehead atoms. The third kappa shape index (κ3) is 4.40. The first-order valence-corrected chi connectivity index (χ1v) is 9.99. The minimum Gasteiger partial charge on any atom is -0.497 e. The predicted molar refractivity (Wildman–Crippen MR) is 113 cm³/mol. The Morgan fingerprint density at radius 2 is 1.76 bits per heavy atom. The van der Waals surface area contributed by atoms with E-state index in [0.717, 1.165) is 16.2 Å². The summed E-state index contributed by atoms with van der Waals surface area (Å²) in [5.41, 5.74) is 0.839. The fourth-order valence-corrected chi connectivity index (χ4v) is 4.71. The average molecular weight is 413 g/mol. The second-order valence-electron chi connectivity index (χ2n) is 6.62. The summed E-state index contributed by atoms with van der Waals surface area (Å²) in [5.74, 6) is 1.06. The molecule has 0 aliphatic carbocycles. The summed E-state index contributed by atoms with van der Waals surface area (Å²) in [6.45, 7) is 3.99. The van der Waals surface area contributed by atoms with Gasteiger partial charge in [-0.2, -0.15) is 0 Å². The molecule has 2 aromatic rings. The third-order valence-electron chi connectivity index (χ3n) is 4.79. The fourth-order valence-electron chi connectivity index (χ4n) is 3.34. The Hall–Kier alpha value is -2.93. The maximum absolute atomic E-state index is 13.3. The zero-order chi connectivity index (χ0) is 20.9. The van der Waals surface area contributed by atoms with Crippen LogP contribution in [0.25, 0.3) is 0 Å². The molecule has 0 unspecified atom stereocenters. The summed E-state index contributed by atoms with van der Waals surface area (Å²) in [5, 5.41) is 5.87. The Labute approximate surface area is 174 Å². The van der Waals surface area contributed by atoms with E-state index in [9.17, 15) is 9.59 Å². The molecule has 1 aliphatic heterocycles. The SMILES string of the molecule is C=CCNC(=O)[C@@]1(Sc2ccc(OC)cc2)CC(=O)N[C@@H]1c1ccc(OC)cc1. The second-order valence-corrected chi connectivity index (χ2v) is 8.02. The van der Waals surface area contributed by atoms with Crippen molar-refractivity contribution in [3.63, 3.8) is 0 Å². The average Bonchev–Trinajstić information content (AvgIpc) is 3.09. The lowest BCUT2D eigenvalue weighted by atomic mass is 9.92. The number of carbonyl (C=O) groups is 2. The third-order valence-corrected chi connectivity index (χ3v) is 6.23. The van der Waals surface area contributed by atoms with Gasteiger partial charge in [-0.15, -0.1) is 18.3 Å². The second kappa shape index (κ2) is 9.05. The summed E-state index contributed by atoms with van der Waals surface area (Å²) < 4.78 is 9.41. The highest BCUT2D eigenvalue weighted by atomic mass is 32.2. The molecule has 0 aromatic heterocycles. The van der Waals surface area contributed by atoms with Crippen LogP contribution in [0.15, 0.2) is 66.1 Å². The van der Waals surface area contributed by atoms with E-state index in [1.54, 1.807) is 20.3 Å². The van der Waals surface area contributed by atoms with Crippen LogP contribution in [0.3, 0.4) is 0 Å². The minimum atomic E-state index is -1.04. The summed E-state index contributed by atoms with van der Waals surface area (Å²) >= 11 is 1.38. The van der Waals surface area contributed by atoms with Gasteiger partial charge >= 0.3 is 0 Å². The number of ether oxygens (including phenoxy) is 2. The van der Waals surface area contributed by atoms with E-state index < -0.39 is 10.8 Å². The van der Waals surface area contributed by atoms with Gasteiger partial charge in [-0.25, -0.2) is 0 Å².